The van der Waals surface area contributed by atoms with Gasteiger partial charge in [0.1, 0.15) is 5.65 Å². The molecule has 0 N–H and O–H groups in total. The second-order valence-electron chi connectivity index (χ2n) is 7.10. The molecule has 0 unspecified atom stereocenters. The van der Waals surface area contributed by atoms with Crippen molar-refractivity contribution in [1.82, 2.24) is 28.4 Å². The van der Waals surface area contributed by atoms with Crippen LogP contribution in [0.5, 0.6) is 0 Å². The SMILES string of the molecule is Cc1cn2c(CN(C)C(=O)c3cnc4c(c3)c(=O)n(C)c(=O)n4C)c(C)nc2s1. The van der Waals surface area contributed by atoms with Crippen LogP contribution in [0.1, 0.15) is 26.6 Å². The van der Waals surface area contributed by atoms with Crippen LogP contribution in [-0.2, 0) is 20.6 Å². The van der Waals surface area contributed by atoms with Crippen molar-refractivity contribution in [3.8, 4) is 0 Å². The lowest BCUT2D eigenvalue weighted by Gasteiger charge is -2.17. The highest BCUT2D eigenvalue weighted by atomic mass is 32.1. The first-order valence-corrected chi connectivity index (χ1v) is 9.76. The van der Waals surface area contributed by atoms with Crippen molar-refractivity contribution in [2.24, 2.45) is 14.1 Å². The summed E-state index contributed by atoms with van der Waals surface area (Å²) in [5.74, 6) is -0.267. The van der Waals surface area contributed by atoms with Crippen molar-refractivity contribution in [3.63, 3.8) is 0 Å². The molecule has 150 valence electrons. The highest BCUT2D eigenvalue weighted by Gasteiger charge is 2.19. The van der Waals surface area contributed by atoms with Crippen molar-refractivity contribution in [2.75, 3.05) is 7.05 Å². The molecule has 0 aromatic carbocycles. The summed E-state index contributed by atoms with van der Waals surface area (Å²) >= 11 is 1.60. The van der Waals surface area contributed by atoms with Crippen molar-refractivity contribution >= 4 is 33.2 Å². The largest absolute Gasteiger partial charge is 0.336 e. The predicted molar refractivity (Wildman–Crippen MR) is 111 cm³/mol. The zero-order valence-corrected chi connectivity index (χ0v) is 17.6. The van der Waals surface area contributed by atoms with Crippen LogP contribution in [0.3, 0.4) is 0 Å². The lowest BCUT2D eigenvalue weighted by atomic mass is 10.2. The minimum atomic E-state index is -0.477. The number of aryl methyl sites for hydroxylation is 3. The number of thiazole rings is 1. The van der Waals surface area contributed by atoms with Gasteiger partial charge in [0.05, 0.1) is 28.9 Å². The van der Waals surface area contributed by atoms with Crippen LogP contribution < -0.4 is 11.2 Å². The number of aromatic nitrogens is 5. The fourth-order valence-electron chi connectivity index (χ4n) is 3.40. The van der Waals surface area contributed by atoms with Gasteiger partial charge in [-0.2, -0.15) is 0 Å². The van der Waals surface area contributed by atoms with Crippen LogP contribution >= 0.6 is 11.3 Å². The van der Waals surface area contributed by atoms with Crippen molar-refractivity contribution in [2.45, 2.75) is 20.4 Å². The summed E-state index contributed by atoms with van der Waals surface area (Å²) in [5, 5.41) is 0.227. The van der Waals surface area contributed by atoms with E-state index in [9.17, 15) is 14.4 Å². The molecule has 0 atom stereocenters. The van der Waals surface area contributed by atoms with Gasteiger partial charge in [0.2, 0.25) is 0 Å². The number of hydrogen-bond donors (Lipinski definition) is 0. The van der Waals surface area contributed by atoms with Gasteiger partial charge in [-0.1, -0.05) is 0 Å². The summed E-state index contributed by atoms with van der Waals surface area (Å²) in [6, 6.07) is 1.50. The summed E-state index contributed by atoms with van der Waals surface area (Å²) in [5.41, 5.74) is 1.41. The Morgan fingerprint density at radius 1 is 1.21 bits per heavy atom. The zero-order valence-electron chi connectivity index (χ0n) is 16.8. The topological polar surface area (TPSA) is 94.5 Å². The van der Waals surface area contributed by atoms with Gasteiger partial charge >= 0.3 is 5.69 Å². The number of carbonyl (C=O) groups excluding carboxylic acids is 1. The number of hydrogen-bond acceptors (Lipinski definition) is 6. The molecule has 4 rings (SSSR count). The number of amides is 1. The van der Waals surface area contributed by atoms with Gasteiger partial charge in [-0.05, 0) is 19.9 Å². The molecule has 29 heavy (non-hydrogen) atoms. The Kier molecular flexibility index (Phi) is 4.38. The van der Waals surface area contributed by atoms with Crippen LogP contribution in [0.2, 0.25) is 0 Å². The predicted octanol–water partition coefficient (Wildman–Crippen LogP) is 1.23. The number of fused-ring (bicyclic) bond motifs is 2. The fourth-order valence-corrected chi connectivity index (χ4v) is 4.29. The van der Waals surface area contributed by atoms with Gasteiger partial charge in [-0.25, -0.2) is 14.8 Å². The van der Waals surface area contributed by atoms with E-state index in [-0.39, 0.29) is 22.5 Å². The van der Waals surface area contributed by atoms with E-state index in [1.54, 1.807) is 30.3 Å². The second kappa shape index (κ2) is 6.66. The Labute approximate surface area is 169 Å². The van der Waals surface area contributed by atoms with E-state index in [0.717, 1.165) is 25.8 Å². The molecule has 0 aliphatic carbocycles. The molecule has 0 saturated heterocycles. The molecule has 4 aromatic heterocycles. The van der Waals surface area contributed by atoms with Crippen LogP contribution in [0, 0.1) is 13.8 Å². The molecule has 4 heterocycles. The maximum absolute atomic E-state index is 13.0. The van der Waals surface area contributed by atoms with Crippen LogP contribution in [-0.4, -0.2) is 41.4 Å². The fraction of sp³-hybridized carbons (Fsp3) is 0.316. The molecule has 0 spiro atoms. The summed E-state index contributed by atoms with van der Waals surface area (Å²) in [6.07, 6.45) is 3.41. The monoisotopic (exact) mass is 412 g/mol. The number of imidazole rings is 1. The summed E-state index contributed by atoms with van der Waals surface area (Å²) in [6.45, 7) is 4.30. The number of carbonyl (C=O) groups is 1. The van der Waals surface area contributed by atoms with E-state index in [0.29, 0.717) is 6.54 Å². The highest BCUT2D eigenvalue weighted by molar-refractivity contribution is 7.17. The van der Waals surface area contributed by atoms with E-state index in [1.807, 2.05) is 24.4 Å². The molecule has 0 aliphatic rings. The summed E-state index contributed by atoms with van der Waals surface area (Å²) in [7, 11) is 4.64. The molecule has 1 amide bonds. The highest BCUT2D eigenvalue weighted by Crippen LogP contribution is 2.22. The lowest BCUT2D eigenvalue weighted by molar-refractivity contribution is 0.0782. The first kappa shape index (κ1) is 19.1. The number of pyridine rings is 1. The number of rotatable bonds is 3. The van der Waals surface area contributed by atoms with E-state index in [4.69, 9.17) is 0 Å². The zero-order chi connectivity index (χ0) is 21.0. The van der Waals surface area contributed by atoms with Crippen LogP contribution in [0.25, 0.3) is 16.0 Å². The smallest absolute Gasteiger partial charge is 0.332 e. The molecule has 9 nitrogen and oxygen atoms in total. The third-order valence-corrected chi connectivity index (χ3v) is 5.91. The Balaban J connectivity index is 1.72. The van der Waals surface area contributed by atoms with Crippen molar-refractivity contribution < 1.29 is 4.79 Å². The van der Waals surface area contributed by atoms with Crippen LogP contribution in [0.15, 0.2) is 28.0 Å². The van der Waals surface area contributed by atoms with Crippen molar-refractivity contribution in [1.29, 1.82) is 0 Å². The standard InChI is InChI=1S/C19H20N6O3S/c1-10-8-25-14(11(2)21-18(25)29-10)9-22(3)16(26)12-6-13-15(20-7-12)23(4)19(28)24(5)17(13)27/h6-8H,9H2,1-5H3. The Morgan fingerprint density at radius 3 is 2.66 bits per heavy atom. The molecule has 0 bridgehead atoms. The minimum absolute atomic E-state index is 0.227. The van der Waals surface area contributed by atoms with E-state index < -0.39 is 11.2 Å². The molecular formula is C19H20N6O3S. The molecule has 0 radical (unpaired) electrons. The molecule has 0 saturated carbocycles. The third-order valence-electron chi connectivity index (χ3n) is 5.01. The Bertz CT molecular complexity index is 1410. The summed E-state index contributed by atoms with van der Waals surface area (Å²) in [4.78, 5) is 49.9. The molecule has 0 fully saturated rings. The Morgan fingerprint density at radius 2 is 1.93 bits per heavy atom. The van der Waals surface area contributed by atoms with Gasteiger partial charge in [-0.3, -0.25) is 23.1 Å². The normalized spacial score (nSPS) is 11.5. The van der Waals surface area contributed by atoms with E-state index in [2.05, 4.69) is 9.97 Å². The molecule has 4 aromatic rings. The van der Waals surface area contributed by atoms with E-state index >= 15 is 0 Å². The van der Waals surface area contributed by atoms with Gasteiger partial charge in [0, 0.05) is 38.4 Å². The van der Waals surface area contributed by atoms with Gasteiger partial charge < -0.3 is 4.90 Å². The maximum atomic E-state index is 13.0. The minimum Gasteiger partial charge on any atom is -0.336 e. The van der Waals surface area contributed by atoms with Crippen molar-refractivity contribution in [3.05, 3.63) is 61.1 Å². The Hall–Kier alpha value is -3.27. The summed E-state index contributed by atoms with van der Waals surface area (Å²) < 4.78 is 4.30. The first-order chi connectivity index (χ1) is 13.7. The van der Waals surface area contributed by atoms with Gasteiger partial charge in [0.15, 0.2) is 4.96 Å². The average molecular weight is 412 g/mol. The second-order valence-corrected chi connectivity index (χ2v) is 8.31. The lowest BCUT2D eigenvalue weighted by Crippen LogP contribution is -2.37. The molecular weight excluding hydrogens is 392 g/mol. The van der Waals surface area contributed by atoms with Gasteiger partial charge in [0.25, 0.3) is 11.5 Å². The quantitative estimate of drug-likeness (QED) is 0.504. The number of nitrogens with zero attached hydrogens (tertiary/aromatic N) is 6. The van der Waals surface area contributed by atoms with Crippen LogP contribution in [0.4, 0.5) is 0 Å². The average Bonchev–Trinajstić information content (AvgIpc) is 3.19. The van der Waals surface area contributed by atoms with E-state index in [1.165, 1.54) is 23.9 Å². The molecule has 0 aliphatic heterocycles. The molecule has 10 heteroatoms. The van der Waals surface area contributed by atoms with Gasteiger partial charge in [-0.15, -0.1) is 11.3 Å². The third kappa shape index (κ3) is 2.96. The first-order valence-electron chi connectivity index (χ1n) is 8.94. The maximum Gasteiger partial charge on any atom is 0.332 e.